The fourth-order valence-corrected chi connectivity index (χ4v) is 2.67. The molecule has 0 aliphatic heterocycles. The van der Waals surface area contributed by atoms with Gasteiger partial charge in [-0.25, -0.2) is 0 Å². The van der Waals surface area contributed by atoms with Crippen LogP contribution in [0.3, 0.4) is 0 Å². The minimum absolute atomic E-state index is 0.0317. The molecule has 0 aliphatic rings. The van der Waals surface area contributed by atoms with Crippen LogP contribution in [0.4, 0.5) is 5.69 Å². The Balaban J connectivity index is 0.000000749. The highest BCUT2D eigenvalue weighted by Crippen LogP contribution is 2.21. The Labute approximate surface area is 168 Å². The maximum Gasteiger partial charge on any atom is 0.311 e. The number of nitro benzene ring substituents is 1. The highest BCUT2D eigenvalue weighted by molar-refractivity contribution is 6.13. The molecule has 0 unspecified atom stereocenters. The molecule has 2 rings (SSSR count). The molecule has 0 radical (unpaired) electrons. The van der Waals surface area contributed by atoms with E-state index >= 15 is 0 Å². The van der Waals surface area contributed by atoms with Gasteiger partial charge in [0.1, 0.15) is 0 Å². The molecule has 11 nitrogen and oxygen atoms in total. The number of nitrogens with zero attached hydrogens (tertiary/aromatic N) is 3. The van der Waals surface area contributed by atoms with E-state index in [1.165, 1.54) is 19.2 Å². The summed E-state index contributed by atoms with van der Waals surface area (Å²) in [6.45, 7) is 1.94. The molecule has 0 bridgehead atoms. The number of esters is 1. The first kappa shape index (κ1) is 24.2. The summed E-state index contributed by atoms with van der Waals surface area (Å²) >= 11 is 0. The van der Waals surface area contributed by atoms with E-state index in [0.717, 1.165) is 22.5 Å². The maximum absolute atomic E-state index is 11.5. The molecule has 158 valence electrons. The minimum Gasteiger partial charge on any atom is -0.469 e. The predicted octanol–water partition coefficient (Wildman–Crippen LogP) is -1.70. The standard InChI is InChI=1S/C17H19N3O4.ClHO4/c1-11-9-14(10-15(21)24-4)19(3)17(11)16(18-2)12-5-7-13(8-6-12)20(22)23;2-1(3,4)5/h5-9H,10H2,1-4H3;(H,2,3,4,5). The quantitative estimate of drug-likeness (QED) is 0.253. The van der Waals surface area contributed by atoms with Gasteiger partial charge >= 0.3 is 5.97 Å². The van der Waals surface area contributed by atoms with Gasteiger partial charge in [0.2, 0.25) is 0 Å². The monoisotopic (exact) mass is 429 g/mol. The zero-order valence-electron chi connectivity index (χ0n) is 16.1. The molecule has 1 heterocycles. The van der Waals surface area contributed by atoms with Gasteiger partial charge in [-0.05, 0) is 30.7 Å². The number of hydrogen-bond acceptors (Lipinski definition) is 9. The largest absolute Gasteiger partial charge is 0.469 e. The van der Waals surface area contributed by atoms with Gasteiger partial charge in [0.05, 0.1) is 44.8 Å². The summed E-state index contributed by atoms with van der Waals surface area (Å²) < 4.78 is 39.3. The first-order valence-electron chi connectivity index (χ1n) is 7.96. The Kier molecular flexibility index (Phi) is 8.42. The zero-order chi connectivity index (χ0) is 22.4. The second kappa shape index (κ2) is 10.1. The number of non-ortho nitro benzene ring substituents is 1. The normalized spacial score (nSPS) is 11.5. The average Bonchev–Trinajstić information content (AvgIpc) is 2.89. The van der Waals surface area contributed by atoms with E-state index < -0.39 is 15.2 Å². The molecule has 2 aromatic rings. The van der Waals surface area contributed by atoms with Gasteiger partial charge in [0.25, 0.3) is 5.69 Å². The van der Waals surface area contributed by atoms with Gasteiger partial charge in [0.15, 0.2) is 0 Å². The number of rotatable bonds is 5. The van der Waals surface area contributed by atoms with Crippen LogP contribution in [0.5, 0.6) is 0 Å². The van der Waals surface area contributed by atoms with Crippen LogP contribution in [-0.4, -0.2) is 40.0 Å². The third-order valence-corrected chi connectivity index (χ3v) is 3.88. The summed E-state index contributed by atoms with van der Waals surface area (Å²) in [7, 11) is 0.190. The lowest BCUT2D eigenvalue weighted by atomic mass is 10.0. The number of methoxy groups -OCH3 is 1. The van der Waals surface area contributed by atoms with Gasteiger partial charge in [-0.1, -0.05) is 0 Å². The van der Waals surface area contributed by atoms with Gasteiger partial charge < -0.3 is 9.30 Å². The number of aliphatic imine (C=N–C) groups is 1. The lowest BCUT2D eigenvalue weighted by Crippen LogP contribution is -2.58. The van der Waals surface area contributed by atoms with Crippen LogP contribution in [0.25, 0.3) is 0 Å². The van der Waals surface area contributed by atoms with Crippen LogP contribution in [-0.2, 0) is 23.0 Å². The molecule has 0 saturated carbocycles. The second-order valence-electron chi connectivity index (χ2n) is 5.75. The number of aromatic nitrogens is 1. The molecule has 0 fully saturated rings. The van der Waals surface area contributed by atoms with Crippen molar-refractivity contribution >= 4 is 17.4 Å². The summed E-state index contributed by atoms with van der Waals surface area (Å²) in [6.07, 6.45) is 0.172. The lowest BCUT2D eigenvalue weighted by molar-refractivity contribution is -1.92. The van der Waals surface area contributed by atoms with E-state index in [1.54, 1.807) is 19.2 Å². The molecule has 29 heavy (non-hydrogen) atoms. The molecular weight excluding hydrogens is 410 g/mol. The predicted molar refractivity (Wildman–Crippen MR) is 92.7 cm³/mol. The summed E-state index contributed by atoms with van der Waals surface area (Å²) in [5, 5.41) is 10.8. The van der Waals surface area contributed by atoms with E-state index in [2.05, 4.69) is 4.99 Å². The van der Waals surface area contributed by atoms with Crippen LogP contribution >= 0.6 is 0 Å². The Morgan fingerprint density at radius 1 is 1.28 bits per heavy atom. The molecule has 0 amide bonds. The lowest BCUT2D eigenvalue weighted by Gasteiger charge is -2.11. The van der Waals surface area contributed by atoms with Gasteiger partial charge in [-0.2, -0.15) is 14.0 Å². The molecule has 1 aromatic carbocycles. The molecule has 0 aliphatic carbocycles. The van der Waals surface area contributed by atoms with Crippen molar-refractivity contribution in [3.05, 3.63) is 63.0 Å². The van der Waals surface area contributed by atoms with Crippen molar-refractivity contribution in [1.82, 2.24) is 4.57 Å². The van der Waals surface area contributed by atoms with Gasteiger partial charge in [-0.3, -0.25) is 19.9 Å². The number of benzene rings is 1. The summed E-state index contributed by atoms with van der Waals surface area (Å²) in [5.74, 6) is -0.313. The molecular formula is C17H20ClN3O8. The number of halogens is 1. The molecule has 1 N–H and O–H groups in total. The molecule has 0 atom stereocenters. The van der Waals surface area contributed by atoms with Crippen LogP contribution in [0.2, 0.25) is 0 Å². The number of nitro groups is 1. The Morgan fingerprint density at radius 2 is 1.79 bits per heavy atom. The van der Waals surface area contributed by atoms with Crippen LogP contribution in [0.1, 0.15) is 22.5 Å². The number of carbonyl (C=O) groups is 1. The van der Waals surface area contributed by atoms with E-state index in [1.807, 2.05) is 24.6 Å². The molecule has 1 aromatic heterocycles. The number of ether oxygens (including phenoxy) is 1. The maximum atomic E-state index is 11.5. The van der Waals surface area contributed by atoms with E-state index in [4.69, 9.17) is 23.4 Å². The van der Waals surface area contributed by atoms with Crippen LogP contribution in [0, 0.1) is 27.3 Å². The highest BCUT2D eigenvalue weighted by Gasteiger charge is 2.18. The van der Waals surface area contributed by atoms with E-state index in [-0.39, 0.29) is 18.1 Å². The average molecular weight is 430 g/mol. The van der Waals surface area contributed by atoms with E-state index in [9.17, 15) is 14.9 Å². The smallest absolute Gasteiger partial charge is 0.311 e. The Bertz CT molecular complexity index is 895. The summed E-state index contributed by atoms with van der Waals surface area (Å²) in [4.78, 5) is 26.2. The summed E-state index contributed by atoms with van der Waals surface area (Å²) in [6, 6.07) is 8.17. The van der Waals surface area contributed by atoms with E-state index in [0.29, 0.717) is 5.71 Å². The van der Waals surface area contributed by atoms with Gasteiger partial charge in [0, 0.05) is 37.5 Å². The molecule has 0 saturated heterocycles. The van der Waals surface area contributed by atoms with Crippen molar-refractivity contribution in [3.63, 3.8) is 0 Å². The molecule has 0 spiro atoms. The second-order valence-corrected chi connectivity index (χ2v) is 6.54. The third-order valence-electron chi connectivity index (χ3n) is 3.88. The van der Waals surface area contributed by atoms with Crippen molar-refractivity contribution in [1.29, 1.82) is 0 Å². The van der Waals surface area contributed by atoms with Crippen molar-refractivity contribution in [2.24, 2.45) is 12.0 Å². The first-order chi connectivity index (χ1) is 13.4. The topological polar surface area (TPSA) is 176 Å². The zero-order valence-corrected chi connectivity index (χ0v) is 16.9. The SMILES string of the molecule is CN=C(c1ccc([N+](=O)[O-])cc1)c1c(C)cc(CC(=O)OC)n1C.[O-][Cl+3]([O-])([O-])O. The Morgan fingerprint density at radius 3 is 2.21 bits per heavy atom. The third kappa shape index (κ3) is 7.25. The summed E-state index contributed by atoms with van der Waals surface area (Å²) in [5.41, 5.74) is 4.17. The van der Waals surface area contributed by atoms with Crippen molar-refractivity contribution in [2.75, 3.05) is 14.2 Å². The van der Waals surface area contributed by atoms with Gasteiger partial charge in [-0.15, -0.1) is 0 Å². The van der Waals surface area contributed by atoms with Crippen molar-refractivity contribution in [3.8, 4) is 0 Å². The first-order valence-corrected chi connectivity index (χ1v) is 9.22. The Hall–Kier alpha value is -2.83. The van der Waals surface area contributed by atoms with Crippen molar-refractivity contribution in [2.45, 2.75) is 13.3 Å². The van der Waals surface area contributed by atoms with Crippen LogP contribution < -0.4 is 14.0 Å². The van der Waals surface area contributed by atoms with Crippen LogP contribution in [0.15, 0.2) is 35.3 Å². The fourth-order valence-electron chi connectivity index (χ4n) is 2.67. The number of hydrogen-bond donors (Lipinski definition) is 1. The number of aryl methyl sites for hydroxylation is 1. The minimum atomic E-state index is -4.69. The fraction of sp³-hybridized carbons (Fsp3) is 0.294. The highest BCUT2D eigenvalue weighted by atomic mass is 35.7. The molecule has 12 heteroatoms. The van der Waals surface area contributed by atoms with Crippen molar-refractivity contribution < 1.29 is 43.3 Å². The number of carbonyl (C=O) groups excluding carboxylic acids is 1.